The summed E-state index contributed by atoms with van der Waals surface area (Å²) in [6.07, 6.45) is 1.72. The van der Waals surface area contributed by atoms with Crippen LogP contribution >= 0.6 is 0 Å². The zero-order chi connectivity index (χ0) is 18.6. The molecular weight excluding hydrogens is 337 g/mol. The van der Waals surface area contributed by atoms with E-state index in [2.05, 4.69) is 36.2 Å². The predicted octanol–water partition coefficient (Wildman–Crippen LogP) is 5.74. The summed E-state index contributed by atoms with van der Waals surface area (Å²) >= 11 is 0. The van der Waals surface area contributed by atoms with Crippen molar-refractivity contribution in [2.45, 2.75) is 6.92 Å². The van der Waals surface area contributed by atoms with Crippen LogP contribution in [0.15, 0.2) is 89.9 Å². The van der Waals surface area contributed by atoms with Gasteiger partial charge in [-0.05, 0) is 36.8 Å². The third-order valence-electron chi connectivity index (χ3n) is 4.25. The fraction of sp³-hybridized carbons (Fsp3) is 0.0435. The summed E-state index contributed by atoms with van der Waals surface area (Å²) in [6, 6.07) is 26.3. The Hall–Kier alpha value is -3.53. The molecule has 4 heteroatoms. The molecule has 0 N–H and O–H groups in total. The maximum atomic E-state index is 13.1. The molecule has 3 aromatic carbocycles. The van der Waals surface area contributed by atoms with E-state index in [0.717, 1.165) is 22.5 Å². The number of aryl methyl sites for hydroxylation is 1. The van der Waals surface area contributed by atoms with Crippen LogP contribution in [0.5, 0.6) is 0 Å². The van der Waals surface area contributed by atoms with Crippen LogP contribution in [0.25, 0.3) is 16.9 Å². The van der Waals surface area contributed by atoms with E-state index >= 15 is 0 Å². The van der Waals surface area contributed by atoms with Gasteiger partial charge in [-0.1, -0.05) is 60.2 Å². The minimum atomic E-state index is -0.261. The molecule has 0 aliphatic rings. The molecule has 132 valence electrons. The van der Waals surface area contributed by atoms with Gasteiger partial charge in [0.25, 0.3) is 0 Å². The molecule has 3 nitrogen and oxygen atoms in total. The molecule has 27 heavy (non-hydrogen) atoms. The fourth-order valence-corrected chi connectivity index (χ4v) is 2.78. The van der Waals surface area contributed by atoms with E-state index in [1.807, 2.05) is 41.1 Å². The minimum absolute atomic E-state index is 0.261. The van der Waals surface area contributed by atoms with Crippen molar-refractivity contribution in [2.75, 3.05) is 0 Å². The summed E-state index contributed by atoms with van der Waals surface area (Å²) in [4.78, 5) is 4.60. The normalized spacial score (nSPS) is 11.2. The molecule has 0 spiro atoms. The molecule has 0 bridgehead atoms. The second kappa shape index (κ2) is 7.38. The van der Waals surface area contributed by atoms with Crippen LogP contribution in [0, 0.1) is 12.7 Å². The van der Waals surface area contributed by atoms with Gasteiger partial charge in [0.1, 0.15) is 5.82 Å². The molecule has 4 aromatic rings. The summed E-state index contributed by atoms with van der Waals surface area (Å²) in [5, 5.41) is 4.75. The molecule has 0 saturated heterocycles. The fourth-order valence-electron chi connectivity index (χ4n) is 2.78. The zero-order valence-corrected chi connectivity index (χ0v) is 14.9. The molecule has 0 radical (unpaired) electrons. The van der Waals surface area contributed by atoms with Gasteiger partial charge < -0.3 is 0 Å². The number of para-hydroxylation sites is 1. The van der Waals surface area contributed by atoms with E-state index in [4.69, 9.17) is 5.10 Å². The zero-order valence-electron chi connectivity index (χ0n) is 14.9. The summed E-state index contributed by atoms with van der Waals surface area (Å²) < 4.78 is 14.9. The maximum Gasteiger partial charge on any atom is 0.156 e. The third kappa shape index (κ3) is 3.85. The highest BCUT2D eigenvalue weighted by Gasteiger charge is 2.10. The first-order valence-corrected chi connectivity index (χ1v) is 8.71. The van der Waals surface area contributed by atoms with Gasteiger partial charge in [-0.3, -0.25) is 0 Å². The van der Waals surface area contributed by atoms with Crippen molar-refractivity contribution in [1.29, 1.82) is 0 Å². The first-order valence-electron chi connectivity index (χ1n) is 8.71. The highest BCUT2D eigenvalue weighted by atomic mass is 19.1. The summed E-state index contributed by atoms with van der Waals surface area (Å²) in [5.74, 6) is 0.448. The van der Waals surface area contributed by atoms with Crippen LogP contribution in [0.3, 0.4) is 0 Å². The van der Waals surface area contributed by atoms with Crippen molar-refractivity contribution in [2.24, 2.45) is 4.99 Å². The van der Waals surface area contributed by atoms with Gasteiger partial charge in [0.2, 0.25) is 0 Å². The summed E-state index contributed by atoms with van der Waals surface area (Å²) in [5.41, 5.74) is 4.85. The summed E-state index contributed by atoms with van der Waals surface area (Å²) in [6.45, 7) is 2.06. The molecule has 4 rings (SSSR count). The SMILES string of the molecule is Cc1ccc(-c2cc(N=Cc3ccc(F)cc3)n(-c3ccccc3)n2)cc1. The topological polar surface area (TPSA) is 30.2 Å². The van der Waals surface area contributed by atoms with Gasteiger partial charge >= 0.3 is 0 Å². The smallest absolute Gasteiger partial charge is 0.156 e. The summed E-state index contributed by atoms with van der Waals surface area (Å²) in [7, 11) is 0. The highest BCUT2D eigenvalue weighted by Crippen LogP contribution is 2.26. The van der Waals surface area contributed by atoms with Crippen molar-refractivity contribution in [3.05, 3.63) is 102 Å². The number of nitrogens with zero attached hydrogens (tertiary/aromatic N) is 3. The number of hydrogen-bond donors (Lipinski definition) is 0. The highest BCUT2D eigenvalue weighted by molar-refractivity contribution is 5.82. The van der Waals surface area contributed by atoms with Crippen LogP contribution in [0.2, 0.25) is 0 Å². The lowest BCUT2D eigenvalue weighted by molar-refractivity contribution is 0.628. The molecule has 0 unspecified atom stereocenters. The minimum Gasteiger partial charge on any atom is -0.236 e. The monoisotopic (exact) mass is 355 g/mol. The van der Waals surface area contributed by atoms with Crippen LogP contribution in [0.1, 0.15) is 11.1 Å². The third-order valence-corrected chi connectivity index (χ3v) is 4.25. The van der Waals surface area contributed by atoms with Crippen LogP contribution in [0.4, 0.5) is 10.2 Å². The van der Waals surface area contributed by atoms with Gasteiger partial charge in [0.05, 0.1) is 11.4 Å². The first kappa shape index (κ1) is 16.9. The van der Waals surface area contributed by atoms with Crippen LogP contribution in [-0.4, -0.2) is 16.0 Å². The Labute approximate surface area is 157 Å². The van der Waals surface area contributed by atoms with Gasteiger partial charge in [-0.25, -0.2) is 14.1 Å². The van der Waals surface area contributed by atoms with Crippen molar-refractivity contribution in [3.8, 4) is 16.9 Å². The Morgan fingerprint density at radius 2 is 1.59 bits per heavy atom. The van der Waals surface area contributed by atoms with Crippen LogP contribution < -0.4 is 0 Å². The van der Waals surface area contributed by atoms with E-state index in [-0.39, 0.29) is 5.82 Å². The second-order valence-electron chi connectivity index (χ2n) is 6.31. The second-order valence-corrected chi connectivity index (χ2v) is 6.31. The largest absolute Gasteiger partial charge is 0.236 e. The Bertz CT molecular complexity index is 1060. The molecule has 1 aromatic heterocycles. The molecule has 0 amide bonds. The predicted molar refractivity (Wildman–Crippen MR) is 107 cm³/mol. The van der Waals surface area contributed by atoms with Crippen molar-refractivity contribution in [1.82, 2.24) is 9.78 Å². The molecule has 0 aliphatic heterocycles. The molecule has 0 atom stereocenters. The van der Waals surface area contributed by atoms with Crippen LogP contribution in [-0.2, 0) is 0 Å². The number of aromatic nitrogens is 2. The lowest BCUT2D eigenvalue weighted by atomic mass is 10.1. The Morgan fingerprint density at radius 3 is 2.30 bits per heavy atom. The molecular formula is C23H18FN3. The van der Waals surface area contributed by atoms with Gasteiger partial charge in [-0.15, -0.1) is 0 Å². The number of hydrogen-bond acceptors (Lipinski definition) is 2. The van der Waals surface area contributed by atoms with Crippen molar-refractivity contribution < 1.29 is 4.39 Å². The van der Waals surface area contributed by atoms with Gasteiger partial charge in [0, 0.05) is 17.8 Å². The molecule has 0 aliphatic carbocycles. The van der Waals surface area contributed by atoms with Crippen molar-refractivity contribution in [3.63, 3.8) is 0 Å². The van der Waals surface area contributed by atoms with E-state index in [9.17, 15) is 4.39 Å². The molecule has 0 fully saturated rings. The Kier molecular flexibility index (Phi) is 4.62. The average molecular weight is 355 g/mol. The number of halogens is 1. The quantitative estimate of drug-likeness (QED) is 0.430. The van der Waals surface area contributed by atoms with E-state index in [1.54, 1.807) is 18.3 Å². The maximum absolute atomic E-state index is 13.1. The van der Waals surface area contributed by atoms with Gasteiger partial charge in [-0.2, -0.15) is 5.10 Å². The average Bonchev–Trinajstić information content (AvgIpc) is 3.13. The standard InChI is InChI=1S/C23H18FN3/c1-17-7-11-19(12-8-17)22-15-23(25-16-18-9-13-20(24)14-10-18)27(26-22)21-5-3-2-4-6-21/h2-16H,1H3. The Balaban J connectivity index is 1.76. The van der Waals surface area contributed by atoms with E-state index in [0.29, 0.717) is 5.82 Å². The van der Waals surface area contributed by atoms with E-state index < -0.39 is 0 Å². The molecule has 0 saturated carbocycles. The lowest BCUT2D eigenvalue weighted by Crippen LogP contribution is -1.96. The van der Waals surface area contributed by atoms with Crippen molar-refractivity contribution >= 4 is 12.0 Å². The van der Waals surface area contributed by atoms with E-state index in [1.165, 1.54) is 17.7 Å². The first-order chi connectivity index (χ1) is 13.2. The molecule has 1 heterocycles. The number of aliphatic imine (C=N–C) groups is 1. The number of rotatable bonds is 4. The lowest BCUT2D eigenvalue weighted by Gasteiger charge is -2.03. The van der Waals surface area contributed by atoms with Gasteiger partial charge in [0.15, 0.2) is 5.82 Å². The Morgan fingerprint density at radius 1 is 0.889 bits per heavy atom. The number of benzene rings is 3.